The van der Waals surface area contributed by atoms with Crippen LogP contribution in [0.15, 0.2) is 72.9 Å². The molecule has 1 aromatic heterocycles. The Kier molecular flexibility index (Phi) is 7.21. The van der Waals surface area contributed by atoms with Crippen molar-refractivity contribution in [1.82, 2.24) is 4.98 Å². The van der Waals surface area contributed by atoms with Crippen molar-refractivity contribution in [1.29, 1.82) is 0 Å². The molecule has 4 rings (SSSR count). The summed E-state index contributed by atoms with van der Waals surface area (Å²) in [5.74, 6) is 2.67. The molecule has 0 aliphatic heterocycles. The Balaban J connectivity index is 1.23. The molecule has 0 radical (unpaired) electrons. The topological polar surface area (TPSA) is 43.4 Å². The lowest BCUT2D eigenvalue weighted by Gasteiger charge is -2.12. The molecule has 1 aliphatic carbocycles. The van der Waals surface area contributed by atoms with Crippen LogP contribution in [-0.4, -0.2) is 11.6 Å². The van der Waals surface area contributed by atoms with Crippen molar-refractivity contribution < 1.29 is 9.47 Å². The molecule has 4 nitrogen and oxygen atoms in total. The van der Waals surface area contributed by atoms with Gasteiger partial charge in [-0.05, 0) is 67.3 Å². The van der Waals surface area contributed by atoms with E-state index in [0.717, 1.165) is 47.5 Å². The number of benzene rings is 2. The van der Waals surface area contributed by atoms with Crippen molar-refractivity contribution in [2.24, 2.45) is 5.92 Å². The van der Waals surface area contributed by atoms with E-state index in [-0.39, 0.29) is 0 Å². The van der Waals surface area contributed by atoms with Crippen LogP contribution in [0.25, 0.3) is 0 Å². The van der Waals surface area contributed by atoms with Crippen LogP contribution in [0.3, 0.4) is 0 Å². The van der Waals surface area contributed by atoms with Crippen LogP contribution in [0, 0.1) is 5.92 Å². The van der Waals surface area contributed by atoms with Crippen molar-refractivity contribution in [3.8, 4) is 11.5 Å². The average molecular weight is 403 g/mol. The quantitative estimate of drug-likeness (QED) is 0.381. The molecule has 4 heteroatoms. The number of ether oxygens (including phenoxy) is 2. The van der Waals surface area contributed by atoms with E-state index >= 15 is 0 Å². The first-order valence-corrected chi connectivity index (χ1v) is 11.0. The fourth-order valence-corrected chi connectivity index (χ4v) is 3.97. The second-order valence-electron chi connectivity index (χ2n) is 7.93. The average Bonchev–Trinajstić information content (AvgIpc) is 3.31. The first-order valence-electron chi connectivity index (χ1n) is 11.0. The predicted molar refractivity (Wildman–Crippen MR) is 121 cm³/mol. The van der Waals surface area contributed by atoms with Gasteiger partial charge < -0.3 is 14.8 Å². The first kappa shape index (κ1) is 20.3. The van der Waals surface area contributed by atoms with E-state index in [9.17, 15) is 0 Å². The van der Waals surface area contributed by atoms with Gasteiger partial charge in [-0.2, -0.15) is 0 Å². The minimum Gasteiger partial charge on any atom is -0.494 e. The largest absolute Gasteiger partial charge is 0.494 e. The van der Waals surface area contributed by atoms with Gasteiger partial charge in [-0.3, -0.25) is 4.98 Å². The number of rotatable bonds is 10. The molecule has 2 aromatic carbocycles. The second kappa shape index (κ2) is 10.7. The third kappa shape index (κ3) is 6.24. The number of nitrogens with one attached hydrogen (secondary N) is 1. The predicted octanol–water partition coefficient (Wildman–Crippen LogP) is 6.75. The first-order chi connectivity index (χ1) is 14.8. The number of hydrogen-bond acceptors (Lipinski definition) is 4. The minimum atomic E-state index is 0.466. The molecule has 0 unspecified atom stereocenters. The van der Waals surface area contributed by atoms with Crippen LogP contribution < -0.4 is 14.8 Å². The fraction of sp³-hybridized carbons (Fsp3) is 0.346. The SMILES string of the molecule is c1ccc(COc2ccc(Nc3cccc(OCCCC4CCCC4)c3)cc2)nc1. The minimum absolute atomic E-state index is 0.466. The number of nitrogens with zero attached hydrogens (tertiary/aromatic N) is 1. The van der Waals surface area contributed by atoms with E-state index in [4.69, 9.17) is 9.47 Å². The van der Waals surface area contributed by atoms with Gasteiger partial charge in [0.25, 0.3) is 0 Å². The summed E-state index contributed by atoms with van der Waals surface area (Å²) < 4.78 is 11.8. The Morgan fingerprint density at radius 2 is 1.70 bits per heavy atom. The highest BCUT2D eigenvalue weighted by Gasteiger charge is 2.14. The molecular weight excluding hydrogens is 372 g/mol. The Morgan fingerprint density at radius 3 is 2.50 bits per heavy atom. The monoisotopic (exact) mass is 402 g/mol. The molecule has 3 aromatic rings. The summed E-state index contributed by atoms with van der Waals surface area (Å²) in [6.45, 7) is 1.26. The van der Waals surface area contributed by atoms with E-state index < -0.39 is 0 Å². The maximum atomic E-state index is 5.97. The van der Waals surface area contributed by atoms with Gasteiger partial charge in [-0.1, -0.05) is 37.8 Å². The molecule has 156 valence electrons. The van der Waals surface area contributed by atoms with Gasteiger partial charge in [0.2, 0.25) is 0 Å². The van der Waals surface area contributed by atoms with Crippen molar-refractivity contribution >= 4 is 11.4 Å². The summed E-state index contributed by atoms with van der Waals surface area (Å²) >= 11 is 0. The standard InChI is InChI=1S/C26H30N2O2/c1-2-8-21(7-1)9-6-18-29-26-12-5-11-23(19-26)28-22-13-15-25(16-14-22)30-20-24-10-3-4-17-27-24/h3-5,10-17,19,21,28H,1-2,6-9,18,20H2. The van der Waals surface area contributed by atoms with Crippen LogP contribution >= 0.6 is 0 Å². The fourth-order valence-electron chi connectivity index (χ4n) is 3.97. The molecule has 1 fully saturated rings. The van der Waals surface area contributed by atoms with Crippen LogP contribution in [0.2, 0.25) is 0 Å². The summed E-state index contributed by atoms with van der Waals surface area (Å²) in [5, 5.41) is 3.43. The number of hydrogen-bond donors (Lipinski definition) is 1. The molecule has 0 atom stereocenters. The molecule has 1 saturated carbocycles. The third-order valence-electron chi connectivity index (χ3n) is 5.59. The molecule has 1 heterocycles. The molecule has 1 aliphatic rings. The second-order valence-corrected chi connectivity index (χ2v) is 7.93. The molecule has 0 spiro atoms. The molecular formula is C26H30N2O2. The van der Waals surface area contributed by atoms with Crippen LogP contribution in [0.1, 0.15) is 44.2 Å². The lowest BCUT2D eigenvalue weighted by Crippen LogP contribution is -2.01. The van der Waals surface area contributed by atoms with Gasteiger partial charge in [0.05, 0.1) is 12.3 Å². The van der Waals surface area contributed by atoms with Crippen LogP contribution in [0.4, 0.5) is 11.4 Å². The molecule has 0 saturated heterocycles. The van der Waals surface area contributed by atoms with Crippen LogP contribution in [0.5, 0.6) is 11.5 Å². The smallest absolute Gasteiger partial charge is 0.130 e. The maximum Gasteiger partial charge on any atom is 0.130 e. The van der Waals surface area contributed by atoms with Crippen molar-refractivity contribution in [2.75, 3.05) is 11.9 Å². The summed E-state index contributed by atoms with van der Waals surface area (Å²) in [7, 11) is 0. The van der Waals surface area contributed by atoms with Crippen molar-refractivity contribution in [2.45, 2.75) is 45.1 Å². The van der Waals surface area contributed by atoms with Gasteiger partial charge in [-0.15, -0.1) is 0 Å². The number of aromatic nitrogens is 1. The van der Waals surface area contributed by atoms with Crippen molar-refractivity contribution in [3.63, 3.8) is 0 Å². The third-order valence-corrected chi connectivity index (χ3v) is 5.59. The van der Waals surface area contributed by atoms with E-state index in [1.54, 1.807) is 6.20 Å². The number of anilines is 2. The summed E-state index contributed by atoms with van der Waals surface area (Å²) in [6.07, 6.45) is 9.86. The van der Waals surface area contributed by atoms with Crippen molar-refractivity contribution in [3.05, 3.63) is 78.6 Å². The normalized spacial score (nSPS) is 13.9. The van der Waals surface area contributed by atoms with Gasteiger partial charge >= 0.3 is 0 Å². The molecule has 1 N–H and O–H groups in total. The maximum absolute atomic E-state index is 5.97. The Labute approximate surface area is 179 Å². The van der Waals surface area contributed by atoms with Gasteiger partial charge in [0.1, 0.15) is 18.1 Å². The highest BCUT2D eigenvalue weighted by Crippen LogP contribution is 2.29. The highest BCUT2D eigenvalue weighted by atomic mass is 16.5. The summed E-state index contributed by atoms with van der Waals surface area (Å²) in [5.41, 5.74) is 2.95. The lowest BCUT2D eigenvalue weighted by atomic mass is 10.0. The molecule has 0 bridgehead atoms. The Hall–Kier alpha value is -3.01. The van der Waals surface area contributed by atoms with E-state index in [1.807, 2.05) is 54.6 Å². The molecule has 30 heavy (non-hydrogen) atoms. The van der Waals surface area contributed by atoms with E-state index in [1.165, 1.54) is 32.1 Å². The van der Waals surface area contributed by atoms with Gasteiger partial charge in [-0.25, -0.2) is 0 Å². The zero-order valence-electron chi connectivity index (χ0n) is 17.4. The zero-order chi connectivity index (χ0) is 20.4. The van der Waals surface area contributed by atoms with Crippen LogP contribution in [-0.2, 0) is 6.61 Å². The Morgan fingerprint density at radius 1 is 0.833 bits per heavy atom. The number of pyridine rings is 1. The lowest BCUT2D eigenvalue weighted by molar-refractivity contribution is 0.293. The highest BCUT2D eigenvalue weighted by molar-refractivity contribution is 5.61. The Bertz CT molecular complexity index is 890. The van der Waals surface area contributed by atoms with Gasteiger partial charge in [0.15, 0.2) is 0 Å². The summed E-state index contributed by atoms with van der Waals surface area (Å²) in [6, 6.07) is 22.0. The summed E-state index contributed by atoms with van der Waals surface area (Å²) in [4.78, 5) is 4.27. The molecule has 0 amide bonds. The van der Waals surface area contributed by atoms with E-state index in [0.29, 0.717) is 6.61 Å². The van der Waals surface area contributed by atoms with Gasteiger partial charge in [0, 0.05) is 23.6 Å². The van der Waals surface area contributed by atoms with E-state index in [2.05, 4.69) is 22.4 Å². The zero-order valence-corrected chi connectivity index (χ0v) is 17.4.